The van der Waals surface area contributed by atoms with E-state index in [1.807, 2.05) is 56.3 Å². The van der Waals surface area contributed by atoms with Crippen LogP contribution in [0.2, 0.25) is 0 Å². The summed E-state index contributed by atoms with van der Waals surface area (Å²) in [6.45, 7) is 4.05. The van der Waals surface area contributed by atoms with Crippen molar-refractivity contribution in [2.24, 2.45) is 0 Å². The van der Waals surface area contributed by atoms with Crippen molar-refractivity contribution in [3.05, 3.63) is 59.8 Å². The molecule has 0 saturated carbocycles. The van der Waals surface area contributed by atoms with Crippen LogP contribution in [0.15, 0.2) is 48.7 Å². The summed E-state index contributed by atoms with van der Waals surface area (Å²) in [5.41, 5.74) is 4.02. The van der Waals surface area contributed by atoms with E-state index < -0.39 is 0 Å². The molecule has 0 unspecified atom stereocenters. The molecule has 6 nitrogen and oxygen atoms in total. The molecule has 1 aromatic heterocycles. The van der Waals surface area contributed by atoms with Crippen LogP contribution in [0.4, 0.5) is 23.1 Å². The lowest BCUT2D eigenvalue weighted by molar-refractivity contribution is 0.416. The number of para-hydroxylation sites is 1. The van der Waals surface area contributed by atoms with Crippen LogP contribution in [0.3, 0.4) is 0 Å². The van der Waals surface area contributed by atoms with Crippen LogP contribution in [0, 0.1) is 13.8 Å². The number of aromatic nitrogens is 3. The number of hydrogen-bond donors (Lipinski definition) is 2. The second kappa shape index (κ2) is 6.95. The molecule has 6 heteroatoms. The van der Waals surface area contributed by atoms with E-state index in [4.69, 9.17) is 4.74 Å². The number of nitrogens with one attached hydrogen (secondary N) is 2. The summed E-state index contributed by atoms with van der Waals surface area (Å²) in [4.78, 5) is 4.46. The highest BCUT2D eigenvalue weighted by molar-refractivity contribution is 5.66. The van der Waals surface area contributed by atoms with Crippen molar-refractivity contribution >= 4 is 23.1 Å². The first-order valence-electron chi connectivity index (χ1n) is 7.60. The monoisotopic (exact) mass is 321 g/mol. The average Bonchev–Trinajstić information content (AvgIpc) is 2.58. The Kier molecular flexibility index (Phi) is 4.56. The van der Waals surface area contributed by atoms with Gasteiger partial charge in [0.05, 0.1) is 19.0 Å². The molecule has 2 N–H and O–H groups in total. The first-order valence-corrected chi connectivity index (χ1v) is 7.60. The number of aryl methyl sites for hydroxylation is 2. The Bertz CT molecular complexity index is 850. The van der Waals surface area contributed by atoms with E-state index in [1.165, 1.54) is 0 Å². The highest BCUT2D eigenvalue weighted by Crippen LogP contribution is 2.28. The summed E-state index contributed by atoms with van der Waals surface area (Å²) in [6, 6.07) is 13.9. The smallest absolute Gasteiger partial charge is 0.249 e. The minimum absolute atomic E-state index is 0.431. The van der Waals surface area contributed by atoms with Gasteiger partial charge < -0.3 is 15.4 Å². The molecular formula is C18H19N5O. The number of hydrogen-bond acceptors (Lipinski definition) is 6. The van der Waals surface area contributed by atoms with Gasteiger partial charge in [0, 0.05) is 5.69 Å². The van der Waals surface area contributed by atoms with Crippen molar-refractivity contribution in [1.82, 2.24) is 15.2 Å². The lowest BCUT2D eigenvalue weighted by Crippen LogP contribution is -2.04. The Morgan fingerprint density at radius 3 is 2.58 bits per heavy atom. The molecule has 0 aliphatic carbocycles. The van der Waals surface area contributed by atoms with Gasteiger partial charge >= 0.3 is 0 Å². The minimum atomic E-state index is 0.431. The van der Waals surface area contributed by atoms with Crippen LogP contribution in [0.1, 0.15) is 11.1 Å². The number of nitrogens with zero attached hydrogens (tertiary/aromatic N) is 3. The van der Waals surface area contributed by atoms with Crippen molar-refractivity contribution in [3.8, 4) is 5.75 Å². The van der Waals surface area contributed by atoms with Gasteiger partial charge in [-0.25, -0.2) is 0 Å². The van der Waals surface area contributed by atoms with Gasteiger partial charge in [0.1, 0.15) is 5.75 Å². The number of anilines is 4. The molecule has 2 aromatic carbocycles. The van der Waals surface area contributed by atoms with Crippen LogP contribution in [-0.4, -0.2) is 22.3 Å². The van der Waals surface area contributed by atoms with Crippen LogP contribution in [0.5, 0.6) is 5.75 Å². The zero-order chi connectivity index (χ0) is 16.9. The average molecular weight is 321 g/mol. The van der Waals surface area contributed by atoms with Gasteiger partial charge in [0.25, 0.3) is 0 Å². The van der Waals surface area contributed by atoms with E-state index in [0.29, 0.717) is 11.8 Å². The van der Waals surface area contributed by atoms with Crippen molar-refractivity contribution < 1.29 is 4.74 Å². The van der Waals surface area contributed by atoms with Crippen LogP contribution in [-0.2, 0) is 0 Å². The highest BCUT2D eigenvalue weighted by Gasteiger charge is 2.07. The summed E-state index contributed by atoms with van der Waals surface area (Å²) >= 11 is 0. The van der Waals surface area contributed by atoms with Crippen molar-refractivity contribution in [3.63, 3.8) is 0 Å². The molecule has 0 saturated heterocycles. The van der Waals surface area contributed by atoms with E-state index in [-0.39, 0.29) is 0 Å². The maximum Gasteiger partial charge on any atom is 0.249 e. The zero-order valence-corrected chi connectivity index (χ0v) is 13.9. The maximum atomic E-state index is 5.37. The summed E-state index contributed by atoms with van der Waals surface area (Å²) in [5, 5.41) is 14.4. The lowest BCUT2D eigenvalue weighted by atomic mass is 10.2. The Balaban J connectivity index is 1.84. The normalized spacial score (nSPS) is 10.3. The highest BCUT2D eigenvalue weighted by atomic mass is 16.5. The third-order valence-corrected chi connectivity index (χ3v) is 3.57. The molecule has 0 aliphatic rings. The molecule has 0 spiro atoms. The molecule has 3 rings (SSSR count). The van der Waals surface area contributed by atoms with Crippen LogP contribution in [0.25, 0.3) is 0 Å². The molecule has 3 aromatic rings. The van der Waals surface area contributed by atoms with E-state index in [9.17, 15) is 0 Å². The lowest BCUT2D eigenvalue weighted by Gasteiger charge is -2.12. The van der Waals surface area contributed by atoms with Crippen LogP contribution < -0.4 is 15.4 Å². The standard InChI is InChI=1S/C18H19N5O/c1-12-8-9-16(24-3)15(10-12)20-17-11-19-23-18(22-17)21-14-7-5-4-6-13(14)2/h4-11H,1-3H3,(H2,20,21,22,23). The predicted molar refractivity (Wildman–Crippen MR) is 95.3 cm³/mol. The quantitative estimate of drug-likeness (QED) is 0.740. The van der Waals surface area contributed by atoms with E-state index in [1.54, 1.807) is 13.3 Å². The summed E-state index contributed by atoms with van der Waals surface area (Å²) in [7, 11) is 1.64. The molecule has 122 valence electrons. The second-order valence-corrected chi connectivity index (χ2v) is 5.43. The number of ether oxygens (including phenoxy) is 1. The number of benzene rings is 2. The Morgan fingerprint density at radius 2 is 1.79 bits per heavy atom. The fraction of sp³-hybridized carbons (Fsp3) is 0.167. The zero-order valence-electron chi connectivity index (χ0n) is 13.9. The summed E-state index contributed by atoms with van der Waals surface area (Å²) in [6.07, 6.45) is 1.57. The van der Waals surface area contributed by atoms with Crippen LogP contribution >= 0.6 is 0 Å². The SMILES string of the molecule is COc1ccc(C)cc1Nc1cnnc(Nc2ccccc2C)n1. The number of methoxy groups -OCH3 is 1. The molecule has 0 fully saturated rings. The maximum absolute atomic E-state index is 5.37. The van der Waals surface area contributed by atoms with Gasteiger partial charge in [-0.1, -0.05) is 24.3 Å². The molecule has 0 amide bonds. The van der Waals surface area contributed by atoms with Gasteiger partial charge in [-0.2, -0.15) is 10.1 Å². The fourth-order valence-electron chi connectivity index (χ4n) is 2.31. The fourth-order valence-corrected chi connectivity index (χ4v) is 2.31. The molecular weight excluding hydrogens is 302 g/mol. The predicted octanol–water partition coefficient (Wildman–Crippen LogP) is 3.98. The largest absolute Gasteiger partial charge is 0.495 e. The molecule has 0 bridgehead atoms. The van der Waals surface area contributed by atoms with Crippen molar-refractivity contribution in [2.45, 2.75) is 13.8 Å². The van der Waals surface area contributed by atoms with E-state index in [0.717, 1.165) is 28.3 Å². The van der Waals surface area contributed by atoms with E-state index >= 15 is 0 Å². The van der Waals surface area contributed by atoms with E-state index in [2.05, 4.69) is 25.8 Å². The van der Waals surface area contributed by atoms with Crippen molar-refractivity contribution in [1.29, 1.82) is 0 Å². The first kappa shape index (κ1) is 15.7. The molecule has 0 aliphatic heterocycles. The third kappa shape index (κ3) is 3.60. The Morgan fingerprint density at radius 1 is 0.958 bits per heavy atom. The molecule has 0 atom stereocenters. The third-order valence-electron chi connectivity index (χ3n) is 3.57. The van der Waals surface area contributed by atoms with Gasteiger partial charge in [-0.15, -0.1) is 5.10 Å². The van der Waals surface area contributed by atoms with Gasteiger partial charge in [0.15, 0.2) is 5.82 Å². The molecule has 0 radical (unpaired) electrons. The van der Waals surface area contributed by atoms with Gasteiger partial charge in [-0.05, 0) is 43.2 Å². The van der Waals surface area contributed by atoms with Gasteiger partial charge in [-0.3, -0.25) is 0 Å². The molecule has 24 heavy (non-hydrogen) atoms. The summed E-state index contributed by atoms with van der Waals surface area (Å²) < 4.78 is 5.37. The Hall–Kier alpha value is -3.15. The second-order valence-electron chi connectivity index (χ2n) is 5.43. The Labute approximate surface area is 140 Å². The van der Waals surface area contributed by atoms with Gasteiger partial charge in [0.2, 0.25) is 5.95 Å². The summed E-state index contributed by atoms with van der Waals surface area (Å²) in [5.74, 6) is 1.76. The number of rotatable bonds is 5. The first-order chi connectivity index (χ1) is 11.7. The topological polar surface area (TPSA) is 72.0 Å². The molecule has 1 heterocycles. The minimum Gasteiger partial charge on any atom is -0.495 e. The van der Waals surface area contributed by atoms with Crippen molar-refractivity contribution in [2.75, 3.05) is 17.7 Å².